The number of benzene rings is 2. The first kappa shape index (κ1) is 26.3. The summed E-state index contributed by atoms with van der Waals surface area (Å²) in [5.74, 6) is 0.149. The Hall–Kier alpha value is -3.79. The zero-order valence-electron chi connectivity index (χ0n) is 21.5. The van der Waals surface area contributed by atoms with Crippen molar-refractivity contribution in [3.8, 4) is 0 Å². The van der Waals surface area contributed by atoms with Crippen LogP contribution >= 0.6 is 11.8 Å². The third-order valence-electron chi connectivity index (χ3n) is 5.72. The van der Waals surface area contributed by atoms with E-state index in [2.05, 4.69) is 25.8 Å². The molecule has 1 atom stereocenters. The van der Waals surface area contributed by atoms with Gasteiger partial charge in [-0.2, -0.15) is 0 Å². The van der Waals surface area contributed by atoms with Crippen LogP contribution in [0.3, 0.4) is 0 Å². The minimum atomic E-state index is -0.658. The summed E-state index contributed by atoms with van der Waals surface area (Å²) in [5.41, 5.74) is 4.22. The number of alkyl carbamates (subject to hydrolysis) is 1. The van der Waals surface area contributed by atoms with Crippen molar-refractivity contribution in [2.45, 2.75) is 57.9 Å². The quantitative estimate of drug-likeness (QED) is 0.254. The number of nitrogens with one attached hydrogen (secondary N) is 3. The molecule has 194 valence electrons. The van der Waals surface area contributed by atoms with E-state index in [1.165, 1.54) is 0 Å². The van der Waals surface area contributed by atoms with E-state index in [4.69, 9.17) is 9.15 Å². The van der Waals surface area contributed by atoms with Crippen LogP contribution in [0, 0.1) is 13.8 Å². The number of anilines is 1. The first-order chi connectivity index (χ1) is 17.6. The van der Waals surface area contributed by atoms with Crippen molar-refractivity contribution >= 4 is 40.4 Å². The summed E-state index contributed by atoms with van der Waals surface area (Å²) in [5, 5.41) is 15.3. The summed E-state index contributed by atoms with van der Waals surface area (Å²) < 4.78 is 11.3. The van der Waals surface area contributed by atoms with Crippen LogP contribution in [-0.2, 0) is 16.0 Å². The summed E-state index contributed by atoms with van der Waals surface area (Å²) in [6.07, 6.45) is 1.72. The molecule has 2 amide bonds. The van der Waals surface area contributed by atoms with E-state index >= 15 is 0 Å². The summed E-state index contributed by atoms with van der Waals surface area (Å²) in [7, 11) is 0. The Balaban J connectivity index is 1.46. The van der Waals surface area contributed by atoms with Gasteiger partial charge in [-0.1, -0.05) is 42.1 Å². The van der Waals surface area contributed by atoms with E-state index in [1.807, 2.05) is 62.5 Å². The van der Waals surface area contributed by atoms with Gasteiger partial charge in [0, 0.05) is 29.2 Å². The molecule has 2 heterocycles. The molecular formula is C27H31N5O4S. The van der Waals surface area contributed by atoms with E-state index in [0.29, 0.717) is 6.42 Å². The number of aromatic nitrogens is 3. The number of aryl methyl sites for hydroxylation is 1. The number of ether oxygens (including phenoxy) is 1. The molecule has 9 nitrogen and oxygen atoms in total. The number of nitrogens with zero attached hydrogens (tertiary/aromatic N) is 2. The van der Waals surface area contributed by atoms with Crippen molar-refractivity contribution < 1.29 is 18.7 Å². The first-order valence-electron chi connectivity index (χ1n) is 12.0. The van der Waals surface area contributed by atoms with Gasteiger partial charge in [-0.05, 0) is 63.4 Å². The fourth-order valence-corrected chi connectivity index (χ4v) is 4.36. The Morgan fingerprint density at radius 3 is 2.68 bits per heavy atom. The van der Waals surface area contributed by atoms with Crippen molar-refractivity contribution in [3.05, 3.63) is 71.2 Å². The molecule has 4 rings (SSSR count). The molecule has 2 aromatic heterocycles. The van der Waals surface area contributed by atoms with Crippen LogP contribution in [0.1, 0.15) is 49.4 Å². The average molecular weight is 522 g/mol. The van der Waals surface area contributed by atoms with Gasteiger partial charge < -0.3 is 24.8 Å². The Bertz CT molecular complexity index is 1410. The number of amides is 2. The largest absolute Gasteiger partial charge is 0.444 e. The van der Waals surface area contributed by atoms with Crippen molar-refractivity contribution in [1.82, 2.24) is 20.5 Å². The van der Waals surface area contributed by atoms with Gasteiger partial charge in [0.25, 0.3) is 5.22 Å². The molecule has 3 N–H and O–H groups in total. The predicted octanol–water partition coefficient (Wildman–Crippen LogP) is 5.71. The molecule has 4 aromatic rings. The molecule has 0 unspecified atom stereocenters. The molecule has 0 saturated carbocycles. The van der Waals surface area contributed by atoms with Crippen molar-refractivity contribution in [2.24, 2.45) is 0 Å². The molecule has 0 bridgehead atoms. The van der Waals surface area contributed by atoms with E-state index in [9.17, 15) is 9.59 Å². The smallest absolute Gasteiger partial charge is 0.408 e. The number of aromatic amines is 1. The zero-order chi connectivity index (χ0) is 26.6. The number of carbonyl (C=O) groups is 2. The van der Waals surface area contributed by atoms with E-state index in [-0.39, 0.29) is 22.8 Å². The van der Waals surface area contributed by atoms with Gasteiger partial charge in [0.1, 0.15) is 11.6 Å². The maximum atomic E-state index is 12.6. The van der Waals surface area contributed by atoms with Crippen LogP contribution in [0.25, 0.3) is 10.9 Å². The highest BCUT2D eigenvalue weighted by atomic mass is 32.2. The predicted molar refractivity (Wildman–Crippen MR) is 144 cm³/mol. The fourth-order valence-electron chi connectivity index (χ4n) is 3.79. The fraction of sp³-hybridized carbons (Fsp3) is 0.333. The summed E-state index contributed by atoms with van der Waals surface area (Å²) >= 11 is 1.13. The van der Waals surface area contributed by atoms with Gasteiger partial charge in [0.05, 0.1) is 5.75 Å². The van der Waals surface area contributed by atoms with Crippen LogP contribution in [-0.4, -0.2) is 38.5 Å². The van der Waals surface area contributed by atoms with Gasteiger partial charge in [-0.25, -0.2) is 4.79 Å². The summed E-state index contributed by atoms with van der Waals surface area (Å²) in [6, 6.07) is 13.1. The number of thioether (sulfide) groups is 1. The van der Waals surface area contributed by atoms with Crippen molar-refractivity contribution in [3.63, 3.8) is 0 Å². The molecule has 10 heteroatoms. The monoisotopic (exact) mass is 521 g/mol. The molecule has 0 aliphatic carbocycles. The molecule has 0 spiro atoms. The van der Waals surface area contributed by atoms with Gasteiger partial charge >= 0.3 is 6.09 Å². The summed E-state index contributed by atoms with van der Waals surface area (Å²) in [6.45, 7) is 9.36. The maximum absolute atomic E-state index is 12.6. The van der Waals surface area contributed by atoms with E-state index < -0.39 is 17.7 Å². The van der Waals surface area contributed by atoms with Crippen LogP contribution in [0.5, 0.6) is 0 Å². The van der Waals surface area contributed by atoms with Crippen LogP contribution in [0.4, 0.5) is 10.5 Å². The van der Waals surface area contributed by atoms with Crippen molar-refractivity contribution in [1.29, 1.82) is 0 Å². The number of fused-ring (bicyclic) bond motifs is 1. The number of para-hydroxylation sites is 1. The second-order valence-electron chi connectivity index (χ2n) is 9.75. The van der Waals surface area contributed by atoms with Crippen LogP contribution < -0.4 is 10.6 Å². The average Bonchev–Trinajstić information content (AvgIpc) is 3.47. The Kier molecular flexibility index (Phi) is 7.87. The number of hydrogen-bond acceptors (Lipinski definition) is 7. The molecule has 0 radical (unpaired) electrons. The Morgan fingerprint density at radius 1 is 1.11 bits per heavy atom. The Labute approximate surface area is 219 Å². The lowest BCUT2D eigenvalue weighted by atomic mass is 10.1. The molecule has 2 aromatic carbocycles. The molecule has 0 fully saturated rings. The van der Waals surface area contributed by atoms with E-state index in [1.54, 1.807) is 20.8 Å². The first-order valence-corrected chi connectivity index (χ1v) is 12.9. The van der Waals surface area contributed by atoms with E-state index in [0.717, 1.165) is 45.0 Å². The molecule has 37 heavy (non-hydrogen) atoms. The standard InChI is InChI=1S/C27H31N5O4S/c1-16-9-8-12-20(17(16)2)29-23(33)15-37-26-32-31-24(35-26)22(30-25(34)36-27(3,4)5)13-18-14-28-21-11-7-6-10-19(18)21/h6-12,14,22,28H,13,15H2,1-5H3,(H,29,33)(H,30,34)/t22-/m0/s1. The lowest BCUT2D eigenvalue weighted by Crippen LogP contribution is -2.36. The lowest BCUT2D eigenvalue weighted by Gasteiger charge is -2.22. The van der Waals surface area contributed by atoms with Crippen molar-refractivity contribution in [2.75, 3.05) is 11.1 Å². The lowest BCUT2D eigenvalue weighted by molar-refractivity contribution is -0.113. The number of carbonyl (C=O) groups excluding carboxylic acids is 2. The number of hydrogen-bond donors (Lipinski definition) is 3. The van der Waals surface area contributed by atoms with Gasteiger partial charge in [0.2, 0.25) is 11.8 Å². The topological polar surface area (TPSA) is 122 Å². The molecular weight excluding hydrogens is 490 g/mol. The third-order valence-corrected chi connectivity index (χ3v) is 6.53. The van der Waals surface area contributed by atoms with Crippen LogP contribution in [0.2, 0.25) is 0 Å². The molecule has 0 aliphatic rings. The molecule has 0 aliphatic heterocycles. The second kappa shape index (κ2) is 11.1. The highest BCUT2D eigenvalue weighted by molar-refractivity contribution is 7.99. The van der Waals surface area contributed by atoms with Crippen LogP contribution in [0.15, 0.2) is 58.3 Å². The minimum Gasteiger partial charge on any atom is -0.444 e. The minimum absolute atomic E-state index is 0.0988. The van der Waals surface area contributed by atoms with Gasteiger partial charge in [0.15, 0.2) is 0 Å². The number of H-pyrrole nitrogens is 1. The SMILES string of the molecule is Cc1cccc(NC(=O)CSc2nnc([C@H](Cc3c[nH]c4ccccc34)NC(=O)OC(C)(C)C)o2)c1C. The highest BCUT2D eigenvalue weighted by Gasteiger charge is 2.26. The van der Waals surface area contributed by atoms with Gasteiger partial charge in [-0.3, -0.25) is 4.79 Å². The normalized spacial score (nSPS) is 12.4. The second-order valence-corrected chi connectivity index (χ2v) is 10.7. The number of rotatable bonds is 8. The highest BCUT2D eigenvalue weighted by Crippen LogP contribution is 2.27. The third kappa shape index (κ3) is 6.91. The van der Waals surface area contributed by atoms with Gasteiger partial charge in [-0.15, -0.1) is 10.2 Å². The maximum Gasteiger partial charge on any atom is 0.408 e. The zero-order valence-corrected chi connectivity index (χ0v) is 22.4. The molecule has 0 saturated heterocycles. The summed E-state index contributed by atoms with van der Waals surface area (Å²) in [4.78, 5) is 28.3. The Morgan fingerprint density at radius 2 is 1.89 bits per heavy atom.